The minimum atomic E-state index is 0.736. The molecule has 0 atom stereocenters. The third-order valence-electron chi connectivity index (χ3n) is 3.96. The summed E-state index contributed by atoms with van der Waals surface area (Å²) in [7, 11) is 0. The Morgan fingerprint density at radius 1 is 0.739 bits per heavy atom. The normalized spacial score (nSPS) is 11.5. The molecule has 0 unspecified atom stereocenters. The van der Waals surface area contributed by atoms with Gasteiger partial charge in [-0.05, 0) is 35.8 Å². The molecule has 5 aromatic rings. The van der Waals surface area contributed by atoms with E-state index < -0.39 is 0 Å². The molecule has 23 heavy (non-hydrogen) atoms. The van der Waals surface area contributed by atoms with Gasteiger partial charge in [-0.3, -0.25) is 0 Å². The van der Waals surface area contributed by atoms with Crippen molar-refractivity contribution in [3.8, 4) is 22.2 Å². The summed E-state index contributed by atoms with van der Waals surface area (Å²) in [5, 5.41) is 3.25. The molecule has 3 aromatic heterocycles. The fraction of sp³-hybridized carbons (Fsp3) is 0. The zero-order chi connectivity index (χ0) is 15.2. The number of para-hydroxylation sites is 2. The number of aromatic amines is 2. The Kier molecular flexibility index (Phi) is 2.63. The molecule has 5 rings (SSSR count). The van der Waals surface area contributed by atoms with Crippen LogP contribution in [0.1, 0.15) is 0 Å². The van der Waals surface area contributed by atoms with Crippen LogP contribution < -0.4 is 0 Å². The molecular formula is C18H12N4S. The van der Waals surface area contributed by atoms with Crippen LogP contribution in [0.25, 0.3) is 44.0 Å². The van der Waals surface area contributed by atoms with Crippen molar-refractivity contribution in [2.24, 2.45) is 0 Å². The summed E-state index contributed by atoms with van der Waals surface area (Å²) < 4.78 is 4.51. The lowest BCUT2D eigenvalue weighted by atomic mass is 10.2. The number of nitrogens with zero attached hydrogens (tertiary/aromatic N) is 2. The molecule has 4 nitrogen and oxygen atoms in total. The largest absolute Gasteiger partial charge is 0.353 e. The monoisotopic (exact) mass is 316 g/mol. The van der Waals surface area contributed by atoms with Crippen molar-refractivity contribution in [2.45, 2.75) is 0 Å². The molecular weight excluding hydrogens is 304 g/mol. The van der Waals surface area contributed by atoms with E-state index in [1.807, 2.05) is 24.3 Å². The third kappa shape index (κ3) is 2.05. The predicted molar refractivity (Wildman–Crippen MR) is 94.5 cm³/mol. The Morgan fingerprint density at radius 3 is 2.04 bits per heavy atom. The summed E-state index contributed by atoms with van der Waals surface area (Å²) in [5.41, 5.74) is 4.17. The van der Waals surface area contributed by atoms with Crippen molar-refractivity contribution >= 4 is 33.3 Å². The number of nitrogens with one attached hydrogen (secondary N) is 2. The number of benzene rings is 2. The van der Waals surface area contributed by atoms with Crippen molar-refractivity contribution in [2.75, 3.05) is 0 Å². The van der Waals surface area contributed by atoms with Gasteiger partial charge in [0.1, 0.15) is 0 Å². The molecule has 0 fully saturated rings. The summed E-state index contributed by atoms with van der Waals surface area (Å²) in [6.45, 7) is 0. The Balaban J connectivity index is 1.59. The molecule has 110 valence electrons. The average molecular weight is 316 g/mol. The summed E-state index contributed by atoms with van der Waals surface area (Å²) in [5.74, 6) is 0.736. The van der Waals surface area contributed by atoms with Gasteiger partial charge in [0.2, 0.25) is 0 Å². The van der Waals surface area contributed by atoms with Crippen LogP contribution in [0.5, 0.6) is 0 Å². The molecule has 0 aliphatic heterocycles. The Labute approximate surface area is 136 Å². The number of H-pyrrole nitrogens is 2. The van der Waals surface area contributed by atoms with Gasteiger partial charge < -0.3 is 9.97 Å². The molecule has 0 saturated heterocycles. The Bertz CT molecular complexity index is 978. The van der Waals surface area contributed by atoms with Crippen LogP contribution in [0, 0.1) is 0 Å². The molecule has 0 spiro atoms. The van der Waals surface area contributed by atoms with Gasteiger partial charge in [-0.2, -0.15) is 4.37 Å². The summed E-state index contributed by atoms with van der Waals surface area (Å²) in [6, 6.07) is 20.6. The van der Waals surface area contributed by atoms with Gasteiger partial charge in [-0.1, -0.05) is 36.4 Å². The number of aromatic nitrogens is 4. The summed E-state index contributed by atoms with van der Waals surface area (Å²) in [6.07, 6.45) is 0. The molecule has 0 aliphatic rings. The standard InChI is InChI=1S/C18H12N4S/c1-3-7-13-11(5-1)9-15(19-13)17-21-18(23-22-17)16-10-12-6-2-4-8-14(12)20-16/h1-10,19-20H. The van der Waals surface area contributed by atoms with E-state index in [4.69, 9.17) is 0 Å². The molecule has 3 heterocycles. The highest BCUT2D eigenvalue weighted by Gasteiger charge is 2.12. The average Bonchev–Trinajstić information content (AvgIpc) is 3.30. The smallest absolute Gasteiger partial charge is 0.189 e. The van der Waals surface area contributed by atoms with E-state index in [0.29, 0.717) is 0 Å². The van der Waals surface area contributed by atoms with Crippen LogP contribution in [0.3, 0.4) is 0 Å². The van der Waals surface area contributed by atoms with Gasteiger partial charge >= 0.3 is 0 Å². The van der Waals surface area contributed by atoms with Crippen molar-refractivity contribution in [3.05, 3.63) is 60.7 Å². The molecule has 0 aliphatic carbocycles. The van der Waals surface area contributed by atoms with E-state index in [1.165, 1.54) is 22.3 Å². The van der Waals surface area contributed by atoms with E-state index >= 15 is 0 Å². The van der Waals surface area contributed by atoms with E-state index in [-0.39, 0.29) is 0 Å². The lowest BCUT2D eigenvalue weighted by Gasteiger charge is -1.89. The van der Waals surface area contributed by atoms with E-state index in [2.05, 4.69) is 55.7 Å². The summed E-state index contributed by atoms with van der Waals surface area (Å²) in [4.78, 5) is 11.5. The highest BCUT2D eigenvalue weighted by molar-refractivity contribution is 7.09. The second-order valence-corrected chi connectivity index (χ2v) is 6.22. The Morgan fingerprint density at radius 2 is 1.35 bits per heavy atom. The van der Waals surface area contributed by atoms with Gasteiger partial charge in [0, 0.05) is 21.8 Å². The zero-order valence-electron chi connectivity index (χ0n) is 12.1. The Hall–Kier alpha value is -2.92. The molecule has 0 amide bonds. The lowest BCUT2D eigenvalue weighted by Crippen LogP contribution is -1.80. The van der Waals surface area contributed by atoms with E-state index in [0.717, 1.165) is 33.3 Å². The molecule has 0 bridgehead atoms. The number of fused-ring (bicyclic) bond motifs is 2. The first-order valence-corrected chi connectivity index (χ1v) is 8.14. The van der Waals surface area contributed by atoms with Crippen LogP contribution in [-0.2, 0) is 0 Å². The lowest BCUT2D eigenvalue weighted by molar-refractivity contribution is 1.27. The first-order valence-electron chi connectivity index (χ1n) is 7.37. The van der Waals surface area contributed by atoms with Gasteiger partial charge in [-0.25, -0.2) is 4.98 Å². The van der Waals surface area contributed by atoms with Crippen molar-refractivity contribution < 1.29 is 0 Å². The molecule has 2 N–H and O–H groups in total. The fourth-order valence-electron chi connectivity index (χ4n) is 2.82. The van der Waals surface area contributed by atoms with Crippen LogP contribution in [0.4, 0.5) is 0 Å². The number of hydrogen-bond donors (Lipinski definition) is 2. The minimum Gasteiger partial charge on any atom is -0.353 e. The second kappa shape index (κ2) is 4.79. The molecule has 0 radical (unpaired) electrons. The molecule has 5 heteroatoms. The fourth-order valence-corrected chi connectivity index (χ4v) is 3.47. The maximum atomic E-state index is 4.69. The van der Waals surface area contributed by atoms with Crippen LogP contribution in [0.15, 0.2) is 60.7 Å². The van der Waals surface area contributed by atoms with Gasteiger partial charge in [0.05, 0.1) is 11.4 Å². The first kappa shape index (κ1) is 12.6. The third-order valence-corrected chi connectivity index (χ3v) is 4.71. The van der Waals surface area contributed by atoms with E-state index in [1.54, 1.807) is 0 Å². The second-order valence-electron chi connectivity index (χ2n) is 5.46. The maximum Gasteiger partial charge on any atom is 0.189 e. The highest BCUT2D eigenvalue weighted by atomic mass is 32.1. The highest BCUT2D eigenvalue weighted by Crippen LogP contribution is 2.29. The van der Waals surface area contributed by atoms with Crippen molar-refractivity contribution in [1.29, 1.82) is 0 Å². The van der Waals surface area contributed by atoms with Crippen molar-refractivity contribution in [1.82, 2.24) is 19.3 Å². The summed E-state index contributed by atoms with van der Waals surface area (Å²) >= 11 is 1.41. The van der Waals surface area contributed by atoms with Crippen LogP contribution >= 0.6 is 11.5 Å². The molecule has 2 aromatic carbocycles. The number of hydrogen-bond acceptors (Lipinski definition) is 3. The van der Waals surface area contributed by atoms with Gasteiger partial charge in [0.25, 0.3) is 0 Å². The van der Waals surface area contributed by atoms with Crippen LogP contribution in [0.2, 0.25) is 0 Å². The van der Waals surface area contributed by atoms with Crippen molar-refractivity contribution in [3.63, 3.8) is 0 Å². The van der Waals surface area contributed by atoms with Gasteiger partial charge in [0.15, 0.2) is 10.8 Å². The predicted octanol–water partition coefficient (Wildman–Crippen LogP) is 4.83. The topological polar surface area (TPSA) is 57.4 Å². The molecule has 0 saturated carbocycles. The number of rotatable bonds is 2. The maximum absolute atomic E-state index is 4.69. The zero-order valence-corrected chi connectivity index (χ0v) is 12.9. The minimum absolute atomic E-state index is 0.736. The quantitative estimate of drug-likeness (QED) is 0.490. The first-order chi connectivity index (χ1) is 11.4. The van der Waals surface area contributed by atoms with E-state index in [9.17, 15) is 0 Å². The SMILES string of the molecule is c1ccc2[nH]c(-c3nsc(-c4cc5ccccc5[nH]4)n3)cc2c1. The van der Waals surface area contributed by atoms with Gasteiger partial charge in [-0.15, -0.1) is 0 Å². The van der Waals surface area contributed by atoms with Crippen LogP contribution in [-0.4, -0.2) is 19.3 Å².